The SMILES string of the molecule is CN(Cc1ccccc1)c1ccc(/C=C/c2cccc[n+]2CCCCSc2cccc[n+]2C)cc1. The number of pyridine rings is 2. The molecule has 2 aromatic heterocycles. The van der Waals surface area contributed by atoms with Crippen molar-refractivity contribution < 1.29 is 9.13 Å². The second-order valence-corrected chi connectivity index (χ2v) is 9.91. The number of rotatable bonds is 11. The summed E-state index contributed by atoms with van der Waals surface area (Å²) in [6, 6.07) is 32.2. The Kier molecular flexibility index (Phi) is 9.13. The van der Waals surface area contributed by atoms with Crippen molar-refractivity contribution in [3.8, 4) is 0 Å². The molecule has 35 heavy (non-hydrogen) atoms. The first-order valence-electron chi connectivity index (χ1n) is 12.3. The van der Waals surface area contributed by atoms with Crippen molar-refractivity contribution in [3.05, 3.63) is 120 Å². The van der Waals surface area contributed by atoms with E-state index in [0.717, 1.165) is 18.8 Å². The molecule has 4 rings (SSSR count). The molecule has 0 fully saturated rings. The maximum atomic E-state index is 2.35. The van der Waals surface area contributed by atoms with Crippen LogP contribution in [0.5, 0.6) is 0 Å². The fraction of sp³-hybridized carbons (Fsp3) is 0.226. The lowest BCUT2D eigenvalue weighted by atomic mass is 10.1. The summed E-state index contributed by atoms with van der Waals surface area (Å²) >= 11 is 1.93. The van der Waals surface area contributed by atoms with Crippen LogP contribution in [0.1, 0.15) is 29.7 Å². The minimum atomic E-state index is 0.905. The van der Waals surface area contributed by atoms with Crippen molar-refractivity contribution >= 4 is 29.6 Å². The molecule has 0 saturated carbocycles. The molecule has 0 N–H and O–H groups in total. The smallest absolute Gasteiger partial charge is 0.239 e. The van der Waals surface area contributed by atoms with Gasteiger partial charge in [0.15, 0.2) is 12.4 Å². The number of thioether (sulfide) groups is 1. The third kappa shape index (κ3) is 7.56. The van der Waals surface area contributed by atoms with Crippen LogP contribution in [0.4, 0.5) is 5.69 Å². The number of aryl methyl sites for hydroxylation is 2. The zero-order chi connectivity index (χ0) is 24.3. The normalized spacial score (nSPS) is 11.1. The van der Waals surface area contributed by atoms with E-state index >= 15 is 0 Å². The van der Waals surface area contributed by atoms with Crippen molar-refractivity contribution in [1.82, 2.24) is 0 Å². The Morgan fingerprint density at radius 1 is 0.771 bits per heavy atom. The van der Waals surface area contributed by atoms with Crippen LogP contribution in [-0.2, 0) is 20.1 Å². The predicted octanol–water partition coefficient (Wildman–Crippen LogP) is 6.18. The Morgan fingerprint density at radius 3 is 2.31 bits per heavy atom. The molecule has 2 heterocycles. The number of nitrogens with zero attached hydrogens (tertiary/aromatic N) is 3. The second kappa shape index (κ2) is 12.9. The van der Waals surface area contributed by atoms with Gasteiger partial charge < -0.3 is 4.90 Å². The van der Waals surface area contributed by atoms with Crippen molar-refractivity contribution in [2.24, 2.45) is 7.05 Å². The summed E-state index contributed by atoms with van der Waals surface area (Å²) in [6.45, 7) is 1.94. The van der Waals surface area contributed by atoms with Crippen LogP contribution in [0, 0.1) is 0 Å². The summed E-state index contributed by atoms with van der Waals surface area (Å²) in [6.07, 6.45) is 11.1. The predicted molar refractivity (Wildman–Crippen MR) is 148 cm³/mol. The third-order valence-electron chi connectivity index (χ3n) is 6.07. The van der Waals surface area contributed by atoms with Crippen LogP contribution >= 0.6 is 11.8 Å². The van der Waals surface area contributed by atoms with Crippen LogP contribution in [0.3, 0.4) is 0 Å². The Labute approximate surface area is 214 Å². The molecular formula is C31H35N3S+2. The fourth-order valence-corrected chi connectivity index (χ4v) is 5.03. The molecule has 0 unspecified atom stereocenters. The summed E-state index contributed by atoms with van der Waals surface area (Å²) < 4.78 is 4.54. The van der Waals surface area contributed by atoms with Gasteiger partial charge in [0.25, 0.3) is 0 Å². The number of hydrogen-bond acceptors (Lipinski definition) is 2. The van der Waals surface area contributed by atoms with Gasteiger partial charge in [-0.1, -0.05) is 54.2 Å². The van der Waals surface area contributed by atoms with E-state index in [0.29, 0.717) is 0 Å². The maximum Gasteiger partial charge on any atom is 0.239 e. The highest BCUT2D eigenvalue weighted by Gasteiger charge is 2.08. The third-order valence-corrected chi connectivity index (χ3v) is 7.28. The number of anilines is 1. The second-order valence-electron chi connectivity index (χ2n) is 8.79. The monoisotopic (exact) mass is 481 g/mol. The topological polar surface area (TPSA) is 11.0 Å². The van der Waals surface area contributed by atoms with Gasteiger partial charge in [-0.3, -0.25) is 0 Å². The molecule has 3 nitrogen and oxygen atoms in total. The molecule has 0 aliphatic rings. The Morgan fingerprint density at radius 2 is 1.51 bits per heavy atom. The highest BCUT2D eigenvalue weighted by molar-refractivity contribution is 7.99. The number of unbranched alkanes of at least 4 members (excludes halogenated alkanes) is 1. The summed E-state index contributed by atoms with van der Waals surface area (Å²) in [4.78, 5) is 2.28. The van der Waals surface area contributed by atoms with Crippen molar-refractivity contribution in [1.29, 1.82) is 0 Å². The lowest BCUT2D eigenvalue weighted by Crippen LogP contribution is -2.36. The van der Waals surface area contributed by atoms with Crippen LogP contribution < -0.4 is 14.0 Å². The average molecular weight is 482 g/mol. The summed E-state index contributed by atoms with van der Waals surface area (Å²) in [5.41, 5.74) is 4.99. The summed E-state index contributed by atoms with van der Waals surface area (Å²) in [5.74, 6) is 1.14. The first-order valence-corrected chi connectivity index (χ1v) is 13.3. The lowest BCUT2D eigenvalue weighted by molar-refractivity contribution is -0.708. The molecule has 0 bridgehead atoms. The molecule has 0 aliphatic heterocycles. The lowest BCUT2D eigenvalue weighted by Gasteiger charge is -2.19. The number of benzene rings is 2. The zero-order valence-electron chi connectivity index (χ0n) is 20.8. The quantitative estimate of drug-likeness (QED) is 0.144. The van der Waals surface area contributed by atoms with Gasteiger partial charge in [-0.15, -0.1) is 0 Å². The highest BCUT2D eigenvalue weighted by atomic mass is 32.2. The van der Waals surface area contributed by atoms with Crippen molar-refractivity contribution in [2.45, 2.75) is 31.0 Å². The van der Waals surface area contributed by atoms with Gasteiger partial charge in [0, 0.05) is 61.8 Å². The fourth-order valence-electron chi connectivity index (χ4n) is 4.03. The van der Waals surface area contributed by atoms with E-state index in [-0.39, 0.29) is 0 Å². The van der Waals surface area contributed by atoms with Gasteiger partial charge in [0.1, 0.15) is 13.6 Å². The molecule has 0 atom stereocenters. The van der Waals surface area contributed by atoms with Crippen LogP contribution in [-0.4, -0.2) is 12.8 Å². The number of hydrogen-bond donors (Lipinski definition) is 0. The van der Waals surface area contributed by atoms with Crippen molar-refractivity contribution in [3.63, 3.8) is 0 Å². The molecule has 0 saturated heterocycles. The maximum absolute atomic E-state index is 2.35. The van der Waals surface area contributed by atoms with E-state index in [1.807, 2.05) is 11.8 Å². The molecule has 0 spiro atoms. The van der Waals surface area contributed by atoms with Crippen LogP contribution in [0.25, 0.3) is 12.2 Å². The van der Waals surface area contributed by atoms with E-state index in [1.54, 1.807) is 0 Å². The van der Waals surface area contributed by atoms with E-state index < -0.39 is 0 Å². The number of aromatic nitrogens is 2. The van der Waals surface area contributed by atoms with Gasteiger partial charge in [-0.05, 0) is 47.9 Å². The van der Waals surface area contributed by atoms with Crippen LogP contribution in [0.15, 0.2) is 108 Å². The average Bonchev–Trinajstić information content (AvgIpc) is 2.90. The van der Waals surface area contributed by atoms with E-state index in [1.165, 1.54) is 40.4 Å². The standard InChI is InChI=1S/C31H35N3S/c1-32-22-8-7-15-31(32)35-25-11-10-24-34-23-9-6-14-30(34)21-18-27-16-19-29(20-17-27)33(2)26-28-12-4-3-5-13-28/h3-9,12-23H,10-11,24-26H2,1-2H3/q+2. The first-order chi connectivity index (χ1) is 17.2. The van der Waals surface area contributed by atoms with E-state index in [4.69, 9.17) is 0 Å². The van der Waals surface area contributed by atoms with E-state index in [2.05, 4.69) is 144 Å². The van der Waals surface area contributed by atoms with Gasteiger partial charge >= 0.3 is 0 Å². The van der Waals surface area contributed by atoms with Gasteiger partial charge in [-0.2, -0.15) is 9.13 Å². The van der Waals surface area contributed by atoms with Crippen LogP contribution in [0.2, 0.25) is 0 Å². The van der Waals surface area contributed by atoms with Gasteiger partial charge in [-0.25, -0.2) is 0 Å². The molecule has 178 valence electrons. The molecule has 0 amide bonds. The minimum absolute atomic E-state index is 0.905. The molecule has 0 radical (unpaired) electrons. The minimum Gasteiger partial charge on any atom is -0.370 e. The molecule has 4 aromatic rings. The Hall–Kier alpha value is -3.37. The zero-order valence-corrected chi connectivity index (χ0v) is 21.6. The molecule has 2 aromatic carbocycles. The summed E-state index contributed by atoms with van der Waals surface area (Å²) in [7, 11) is 4.25. The largest absolute Gasteiger partial charge is 0.370 e. The molecular weight excluding hydrogens is 446 g/mol. The highest BCUT2D eigenvalue weighted by Crippen LogP contribution is 2.18. The first kappa shape index (κ1) is 24.7. The van der Waals surface area contributed by atoms with Gasteiger partial charge in [0.05, 0.1) is 0 Å². The molecule has 0 aliphatic carbocycles. The Balaban J connectivity index is 1.29. The van der Waals surface area contributed by atoms with E-state index in [9.17, 15) is 0 Å². The van der Waals surface area contributed by atoms with Crippen molar-refractivity contribution in [2.75, 3.05) is 17.7 Å². The van der Waals surface area contributed by atoms with Gasteiger partial charge in [0.2, 0.25) is 10.7 Å². The summed E-state index contributed by atoms with van der Waals surface area (Å²) in [5, 5.41) is 1.32. The molecule has 4 heteroatoms. The Bertz CT molecular complexity index is 1220.